The highest BCUT2D eigenvalue weighted by Gasteiger charge is 2.12. The number of rotatable bonds is 5. The van der Waals surface area contributed by atoms with Crippen molar-refractivity contribution in [3.8, 4) is 5.75 Å². The molecule has 2 aromatic rings. The highest BCUT2D eigenvalue weighted by molar-refractivity contribution is 5.41. The van der Waals surface area contributed by atoms with Gasteiger partial charge in [-0.3, -0.25) is 0 Å². The van der Waals surface area contributed by atoms with Gasteiger partial charge in [-0.15, -0.1) is 0 Å². The van der Waals surface area contributed by atoms with Crippen molar-refractivity contribution in [2.75, 3.05) is 6.61 Å². The summed E-state index contributed by atoms with van der Waals surface area (Å²) < 4.78 is 5.68. The fraction of sp³-hybridized carbons (Fsp3) is 0.333. The van der Waals surface area contributed by atoms with E-state index in [0.717, 1.165) is 24.3 Å². The molecule has 0 aromatic heterocycles. The Morgan fingerprint density at radius 3 is 2.65 bits per heavy atom. The van der Waals surface area contributed by atoms with Gasteiger partial charge in [-0.05, 0) is 49.1 Å². The van der Waals surface area contributed by atoms with Gasteiger partial charge in [0, 0.05) is 0 Å². The summed E-state index contributed by atoms with van der Waals surface area (Å²) in [6.45, 7) is 7.04. The molecule has 20 heavy (non-hydrogen) atoms. The van der Waals surface area contributed by atoms with Crippen LogP contribution in [0.5, 0.6) is 5.75 Å². The first-order valence-corrected chi connectivity index (χ1v) is 7.17. The topological polar surface area (TPSA) is 35.2 Å². The standard InChI is InChI=1S/C18H23NO/c1-4-10-20-16-7-5-6-15(12-16)18(19)17-11-13(2)8-9-14(17)3/h5-9,11-12,18H,4,10,19H2,1-3H3. The van der Waals surface area contributed by atoms with Gasteiger partial charge in [0.1, 0.15) is 5.75 Å². The molecule has 0 aliphatic carbocycles. The van der Waals surface area contributed by atoms with Gasteiger partial charge in [-0.2, -0.15) is 0 Å². The number of ether oxygens (including phenoxy) is 1. The predicted molar refractivity (Wildman–Crippen MR) is 84.2 cm³/mol. The van der Waals surface area contributed by atoms with Crippen molar-refractivity contribution in [2.45, 2.75) is 33.2 Å². The minimum absolute atomic E-state index is 0.111. The van der Waals surface area contributed by atoms with E-state index in [4.69, 9.17) is 10.5 Å². The van der Waals surface area contributed by atoms with E-state index in [9.17, 15) is 0 Å². The highest BCUT2D eigenvalue weighted by Crippen LogP contribution is 2.26. The van der Waals surface area contributed by atoms with Crippen molar-refractivity contribution in [1.29, 1.82) is 0 Å². The molecular weight excluding hydrogens is 246 g/mol. The summed E-state index contributed by atoms with van der Waals surface area (Å²) in [6.07, 6.45) is 1.01. The van der Waals surface area contributed by atoms with Crippen LogP contribution in [0.15, 0.2) is 42.5 Å². The third kappa shape index (κ3) is 3.40. The molecule has 0 aliphatic rings. The summed E-state index contributed by atoms with van der Waals surface area (Å²) in [5.41, 5.74) is 11.2. The first kappa shape index (κ1) is 14.6. The minimum Gasteiger partial charge on any atom is -0.494 e. The zero-order valence-electron chi connectivity index (χ0n) is 12.5. The SMILES string of the molecule is CCCOc1cccc(C(N)c2cc(C)ccc2C)c1. The maximum atomic E-state index is 6.43. The van der Waals surface area contributed by atoms with E-state index in [0.29, 0.717) is 0 Å². The Morgan fingerprint density at radius 1 is 1.10 bits per heavy atom. The average Bonchev–Trinajstić information content (AvgIpc) is 2.47. The minimum atomic E-state index is -0.111. The molecule has 0 saturated heterocycles. The quantitative estimate of drug-likeness (QED) is 0.885. The molecule has 2 rings (SSSR count). The lowest BCUT2D eigenvalue weighted by Gasteiger charge is -2.17. The van der Waals surface area contributed by atoms with E-state index in [1.54, 1.807) is 0 Å². The first-order valence-electron chi connectivity index (χ1n) is 7.17. The maximum Gasteiger partial charge on any atom is 0.119 e. The van der Waals surface area contributed by atoms with Crippen molar-refractivity contribution in [1.82, 2.24) is 0 Å². The smallest absolute Gasteiger partial charge is 0.119 e. The largest absolute Gasteiger partial charge is 0.494 e. The summed E-state index contributed by atoms with van der Waals surface area (Å²) >= 11 is 0. The molecule has 1 unspecified atom stereocenters. The maximum absolute atomic E-state index is 6.43. The van der Waals surface area contributed by atoms with Gasteiger partial charge in [0.15, 0.2) is 0 Å². The molecule has 0 radical (unpaired) electrons. The molecule has 0 heterocycles. The van der Waals surface area contributed by atoms with Crippen LogP contribution in [0.25, 0.3) is 0 Å². The fourth-order valence-electron chi connectivity index (χ4n) is 2.29. The van der Waals surface area contributed by atoms with Crippen LogP contribution in [0.3, 0.4) is 0 Å². The molecule has 2 aromatic carbocycles. The van der Waals surface area contributed by atoms with Crippen LogP contribution in [0.1, 0.15) is 41.6 Å². The molecular formula is C18H23NO. The molecule has 0 amide bonds. The summed E-state index contributed by atoms with van der Waals surface area (Å²) in [6, 6.07) is 14.4. The van der Waals surface area contributed by atoms with Gasteiger partial charge < -0.3 is 10.5 Å². The number of hydrogen-bond donors (Lipinski definition) is 1. The third-order valence-corrected chi connectivity index (χ3v) is 3.46. The van der Waals surface area contributed by atoms with Crippen LogP contribution in [-0.2, 0) is 0 Å². The second-order valence-electron chi connectivity index (χ2n) is 5.26. The zero-order valence-corrected chi connectivity index (χ0v) is 12.5. The molecule has 106 valence electrons. The van der Waals surface area contributed by atoms with Crippen LogP contribution < -0.4 is 10.5 Å². The molecule has 1 atom stereocenters. The summed E-state index contributed by atoms with van der Waals surface area (Å²) in [5, 5.41) is 0. The molecule has 0 aliphatic heterocycles. The van der Waals surface area contributed by atoms with E-state index < -0.39 is 0 Å². The van der Waals surface area contributed by atoms with Crippen molar-refractivity contribution >= 4 is 0 Å². The van der Waals surface area contributed by atoms with Crippen LogP contribution in [0, 0.1) is 13.8 Å². The van der Waals surface area contributed by atoms with Crippen LogP contribution in [-0.4, -0.2) is 6.61 Å². The molecule has 0 bridgehead atoms. The molecule has 2 nitrogen and oxygen atoms in total. The molecule has 0 fully saturated rings. The summed E-state index contributed by atoms with van der Waals surface area (Å²) in [7, 11) is 0. The number of aryl methyl sites for hydroxylation is 2. The molecule has 2 N–H and O–H groups in total. The Kier molecular flexibility index (Phi) is 4.80. The second kappa shape index (κ2) is 6.58. The number of benzene rings is 2. The summed E-state index contributed by atoms with van der Waals surface area (Å²) in [5.74, 6) is 0.894. The van der Waals surface area contributed by atoms with Crippen molar-refractivity contribution in [3.63, 3.8) is 0 Å². The third-order valence-electron chi connectivity index (χ3n) is 3.46. The lowest BCUT2D eigenvalue weighted by atomic mass is 9.94. The zero-order chi connectivity index (χ0) is 14.5. The highest BCUT2D eigenvalue weighted by atomic mass is 16.5. The van der Waals surface area contributed by atoms with E-state index in [-0.39, 0.29) is 6.04 Å². The number of hydrogen-bond acceptors (Lipinski definition) is 2. The van der Waals surface area contributed by atoms with E-state index in [2.05, 4.69) is 45.0 Å². The Morgan fingerprint density at radius 2 is 1.90 bits per heavy atom. The van der Waals surface area contributed by atoms with Crippen LogP contribution in [0.4, 0.5) is 0 Å². The van der Waals surface area contributed by atoms with Crippen LogP contribution >= 0.6 is 0 Å². The Hall–Kier alpha value is -1.80. The lowest BCUT2D eigenvalue weighted by molar-refractivity contribution is 0.317. The molecule has 0 saturated carbocycles. The van der Waals surface area contributed by atoms with Gasteiger partial charge in [-0.25, -0.2) is 0 Å². The Labute approximate surface area is 121 Å². The predicted octanol–water partition coefficient (Wildman–Crippen LogP) is 4.14. The lowest BCUT2D eigenvalue weighted by Crippen LogP contribution is -2.13. The Bertz CT molecular complexity index is 577. The van der Waals surface area contributed by atoms with Gasteiger partial charge in [-0.1, -0.05) is 42.8 Å². The van der Waals surface area contributed by atoms with E-state index >= 15 is 0 Å². The van der Waals surface area contributed by atoms with Crippen LogP contribution in [0.2, 0.25) is 0 Å². The normalized spacial score (nSPS) is 12.2. The average molecular weight is 269 g/mol. The van der Waals surface area contributed by atoms with E-state index in [1.807, 2.05) is 18.2 Å². The second-order valence-corrected chi connectivity index (χ2v) is 5.26. The summed E-state index contributed by atoms with van der Waals surface area (Å²) in [4.78, 5) is 0. The van der Waals surface area contributed by atoms with Gasteiger partial charge in [0.2, 0.25) is 0 Å². The number of nitrogens with two attached hydrogens (primary N) is 1. The fourth-order valence-corrected chi connectivity index (χ4v) is 2.29. The van der Waals surface area contributed by atoms with Crippen molar-refractivity contribution < 1.29 is 4.74 Å². The molecule has 0 spiro atoms. The molecule has 2 heteroatoms. The Balaban J connectivity index is 2.28. The van der Waals surface area contributed by atoms with E-state index in [1.165, 1.54) is 16.7 Å². The van der Waals surface area contributed by atoms with Crippen molar-refractivity contribution in [3.05, 3.63) is 64.7 Å². The van der Waals surface area contributed by atoms with Gasteiger partial charge >= 0.3 is 0 Å². The van der Waals surface area contributed by atoms with Crippen molar-refractivity contribution in [2.24, 2.45) is 5.73 Å². The van der Waals surface area contributed by atoms with Gasteiger partial charge in [0.05, 0.1) is 12.6 Å². The monoisotopic (exact) mass is 269 g/mol. The first-order chi connectivity index (χ1) is 9.61. The van der Waals surface area contributed by atoms with Gasteiger partial charge in [0.25, 0.3) is 0 Å².